The first-order chi connectivity index (χ1) is 9.38. The number of benzene rings is 1. The number of ether oxygens (including phenoxy) is 1. The van der Waals surface area contributed by atoms with E-state index in [9.17, 15) is 19.8 Å². The summed E-state index contributed by atoms with van der Waals surface area (Å²) in [5.74, 6) is -2.63. The molecule has 0 aliphatic heterocycles. The Kier molecular flexibility index (Phi) is 5.78. The topological polar surface area (TPSA) is 124 Å². The third-order valence-electron chi connectivity index (χ3n) is 2.67. The molecule has 0 aliphatic rings. The van der Waals surface area contributed by atoms with Crippen molar-refractivity contribution in [3.63, 3.8) is 0 Å². The number of carbonyl (C=O) groups excluding carboxylic acids is 2. The van der Waals surface area contributed by atoms with Crippen molar-refractivity contribution < 1.29 is 34.8 Å². The second kappa shape index (κ2) is 7.11. The van der Waals surface area contributed by atoms with Gasteiger partial charge in [0.15, 0.2) is 6.10 Å². The Morgan fingerprint density at radius 2 is 1.80 bits per heavy atom. The highest BCUT2D eigenvalue weighted by atomic mass is 16.5. The van der Waals surface area contributed by atoms with Gasteiger partial charge < -0.3 is 25.2 Å². The van der Waals surface area contributed by atoms with Gasteiger partial charge in [0, 0.05) is 0 Å². The maximum Gasteiger partial charge on any atom is 0.382 e. The zero-order valence-corrected chi connectivity index (χ0v) is 10.8. The molecular weight excluding hydrogens is 268 g/mol. The fourth-order valence-corrected chi connectivity index (χ4v) is 1.42. The van der Waals surface area contributed by atoms with Crippen molar-refractivity contribution in [3.8, 4) is 5.75 Å². The first kappa shape index (κ1) is 16.3. The van der Waals surface area contributed by atoms with E-state index in [1.165, 1.54) is 6.07 Å². The average molecular weight is 284 g/mol. The number of hydrogen-bond acceptors (Lipinski definition) is 7. The summed E-state index contributed by atoms with van der Waals surface area (Å²) in [6.45, 7) is 0.798. The van der Waals surface area contributed by atoms with Crippen LogP contribution in [0.25, 0.3) is 0 Å². The van der Waals surface area contributed by atoms with E-state index in [-0.39, 0.29) is 5.75 Å². The van der Waals surface area contributed by atoms with E-state index >= 15 is 0 Å². The molecule has 0 spiro atoms. The van der Waals surface area contributed by atoms with Crippen LogP contribution in [-0.2, 0) is 9.59 Å². The van der Waals surface area contributed by atoms with Crippen LogP contribution >= 0.6 is 0 Å². The molecule has 1 aromatic rings. The smallest absolute Gasteiger partial charge is 0.382 e. The molecule has 0 amide bonds. The molecule has 4 N–H and O–H groups in total. The molecule has 1 rings (SSSR count). The molecule has 0 radical (unpaired) electrons. The number of aliphatic hydroxyl groups is 4. The Morgan fingerprint density at radius 3 is 2.35 bits per heavy atom. The molecule has 0 saturated carbocycles. The number of carbonyl (C=O) groups is 2. The number of aryl methyl sites for hydroxylation is 1. The van der Waals surface area contributed by atoms with Crippen LogP contribution in [0.2, 0.25) is 0 Å². The molecule has 3 atom stereocenters. The second-order valence-corrected chi connectivity index (χ2v) is 4.20. The lowest BCUT2D eigenvalue weighted by atomic mass is 10.0. The van der Waals surface area contributed by atoms with E-state index in [0.29, 0.717) is 5.56 Å². The maximum absolute atomic E-state index is 11.5. The van der Waals surface area contributed by atoms with E-state index in [0.717, 1.165) is 0 Å². The molecule has 0 aromatic heterocycles. The molecular formula is C13H16O7. The molecule has 20 heavy (non-hydrogen) atoms. The standard InChI is InChI=1S/C13H16O7/c1-7-4-2-3-5-9(7)20-13(19)12(18)11(17)10(16)8(15)6-14/h2-5,8,10-11,14-17H,6H2,1H3/t8-,10+,11-/m0/s1. The number of aliphatic hydroxyl groups excluding tert-OH is 4. The van der Waals surface area contributed by atoms with Crippen molar-refractivity contribution in [1.82, 2.24) is 0 Å². The summed E-state index contributed by atoms with van der Waals surface area (Å²) in [5, 5.41) is 36.5. The fraction of sp³-hybridized carbons (Fsp3) is 0.385. The van der Waals surface area contributed by atoms with E-state index in [1.54, 1.807) is 25.1 Å². The largest absolute Gasteiger partial charge is 0.420 e. The summed E-state index contributed by atoms with van der Waals surface area (Å²) >= 11 is 0. The van der Waals surface area contributed by atoms with E-state index in [2.05, 4.69) is 0 Å². The predicted molar refractivity (Wildman–Crippen MR) is 66.9 cm³/mol. The van der Waals surface area contributed by atoms with Gasteiger partial charge in [0.2, 0.25) is 0 Å². The first-order valence-electron chi connectivity index (χ1n) is 5.85. The summed E-state index contributed by atoms with van der Waals surface area (Å²) < 4.78 is 4.79. The van der Waals surface area contributed by atoms with Crippen molar-refractivity contribution in [2.24, 2.45) is 0 Å². The molecule has 0 unspecified atom stereocenters. The SMILES string of the molecule is Cc1ccccc1OC(=O)C(=O)[C@@H](O)[C@H](O)[C@@H](O)CO. The van der Waals surface area contributed by atoms with Gasteiger partial charge in [-0.2, -0.15) is 0 Å². The van der Waals surface area contributed by atoms with Crippen LogP contribution in [0.3, 0.4) is 0 Å². The molecule has 0 saturated heterocycles. The van der Waals surface area contributed by atoms with Gasteiger partial charge in [-0.05, 0) is 18.6 Å². The van der Waals surface area contributed by atoms with Crippen molar-refractivity contribution >= 4 is 11.8 Å². The number of para-hydroxylation sites is 1. The molecule has 0 bridgehead atoms. The minimum absolute atomic E-state index is 0.148. The molecule has 7 nitrogen and oxygen atoms in total. The number of hydrogen-bond donors (Lipinski definition) is 4. The Labute approximate surface area is 115 Å². The van der Waals surface area contributed by atoms with Gasteiger partial charge in [0.05, 0.1) is 6.61 Å². The third-order valence-corrected chi connectivity index (χ3v) is 2.67. The molecule has 1 aromatic carbocycles. The van der Waals surface area contributed by atoms with Gasteiger partial charge in [-0.15, -0.1) is 0 Å². The highest BCUT2D eigenvalue weighted by Crippen LogP contribution is 2.16. The molecule has 0 aliphatic carbocycles. The minimum atomic E-state index is -2.17. The van der Waals surface area contributed by atoms with Crippen molar-refractivity contribution in [2.45, 2.75) is 25.2 Å². The minimum Gasteiger partial charge on any atom is -0.420 e. The number of esters is 1. The Bertz CT molecular complexity index is 485. The summed E-state index contributed by atoms with van der Waals surface area (Å²) in [7, 11) is 0. The Morgan fingerprint density at radius 1 is 1.20 bits per heavy atom. The summed E-state index contributed by atoms with van der Waals surface area (Å²) in [4.78, 5) is 23.1. The van der Waals surface area contributed by atoms with Crippen LogP contribution in [-0.4, -0.2) is 57.1 Å². The molecule has 0 heterocycles. The average Bonchev–Trinajstić information content (AvgIpc) is 2.46. The van der Waals surface area contributed by atoms with Crippen molar-refractivity contribution in [3.05, 3.63) is 29.8 Å². The maximum atomic E-state index is 11.5. The second-order valence-electron chi connectivity index (χ2n) is 4.20. The first-order valence-corrected chi connectivity index (χ1v) is 5.85. The monoisotopic (exact) mass is 284 g/mol. The molecule has 0 fully saturated rings. The lowest BCUT2D eigenvalue weighted by Crippen LogP contribution is -2.47. The van der Waals surface area contributed by atoms with Crippen LogP contribution in [0.5, 0.6) is 5.75 Å². The molecule has 110 valence electrons. The Hall–Kier alpha value is -1.80. The zero-order chi connectivity index (χ0) is 15.3. The van der Waals surface area contributed by atoms with Gasteiger partial charge >= 0.3 is 5.97 Å². The van der Waals surface area contributed by atoms with Gasteiger partial charge in [-0.1, -0.05) is 18.2 Å². The number of rotatable bonds is 6. The summed E-state index contributed by atoms with van der Waals surface area (Å²) in [6, 6.07) is 6.44. The highest BCUT2D eigenvalue weighted by Gasteiger charge is 2.35. The van der Waals surface area contributed by atoms with Gasteiger partial charge in [0.25, 0.3) is 5.78 Å². The lowest BCUT2D eigenvalue weighted by molar-refractivity contribution is -0.158. The highest BCUT2D eigenvalue weighted by molar-refractivity contribution is 6.36. The normalized spacial score (nSPS) is 15.2. The van der Waals surface area contributed by atoms with Crippen LogP contribution in [0, 0.1) is 6.92 Å². The van der Waals surface area contributed by atoms with Gasteiger partial charge in [-0.25, -0.2) is 4.79 Å². The van der Waals surface area contributed by atoms with Gasteiger partial charge in [-0.3, -0.25) is 4.79 Å². The van der Waals surface area contributed by atoms with Crippen LogP contribution in [0.4, 0.5) is 0 Å². The summed E-state index contributed by atoms with van der Waals surface area (Å²) in [6.07, 6.45) is -5.88. The van der Waals surface area contributed by atoms with Gasteiger partial charge in [0.1, 0.15) is 18.0 Å². The van der Waals surface area contributed by atoms with Crippen LogP contribution in [0.15, 0.2) is 24.3 Å². The fourth-order valence-electron chi connectivity index (χ4n) is 1.42. The van der Waals surface area contributed by atoms with E-state index in [1.807, 2.05) is 0 Å². The quantitative estimate of drug-likeness (QED) is 0.286. The lowest BCUT2D eigenvalue weighted by Gasteiger charge is -2.19. The van der Waals surface area contributed by atoms with E-state index < -0.39 is 36.7 Å². The number of ketones is 1. The Balaban J connectivity index is 2.73. The number of Topliss-reactive ketones (excluding diaryl/α,β-unsaturated/α-hetero) is 1. The van der Waals surface area contributed by atoms with Crippen LogP contribution < -0.4 is 4.74 Å². The summed E-state index contributed by atoms with van der Waals surface area (Å²) in [5.41, 5.74) is 0.610. The predicted octanol–water partition coefficient (Wildman–Crippen LogP) is -1.46. The molecule has 7 heteroatoms. The van der Waals surface area contributed by atoms with Crippen molar-refractivity contribution in [2.75, 3.05) is 6.61 Å². The third kappa shape index (κ3) is 3.84. The zero-order valence-electron chi connectivity index (χ0n) is 10.8. The van der Waals surface area contributed by atoms with Crippen LogP contribution in [0.1, 0.15) is 5.56 Å². The van der Waals surface area contributed by atoms with Crippen molar-refractivity contribution in [1.29, 1.82) is 0 Å². The van der Waals surface area contributed by atoms with E-state index in [4.69, 9.17) is 14.9 Å².